The lowest BCUT2D eigenvalue weighted by Crippen LogP contribution is -2.67. The third kappa shape index (κ3) is 3.00. The zero-order valence-electron chi connectivity index (χ0n) is 22.5. The largest absolute Gasteiger partial charge is 0.461 e. The van der Waals surface area contributed by atoms with E-state index in [1.54, 1.807) is 18.4 Å². The first-order chi connectivity index (χ1) is 17.7. The van der Waals surface area contributed by atoms with Crippen molar-refractivity contribution in [2.45, 2.75) is 89.8 Å². The second kappa shape index (κ2) is 7.92. The van der Waals surface area contributed by atoms with Crippen molar-refractivity contribution in [2.24, 2.45) is 33.5 Å². The molecule has 0 radical (unpaired) electrons. The van der Waals surface area contributed by atoms with Crippen LogP contribution in [0.2, 0.25) is 0 Å². The zero-order chi connectivity index (χ0) is 25.7. The average molecular weight is 506 g/mol. The van der Waals surface area contributed by atoms with E-state index in [-0.39, 0.29) is 34.1 Å². The Hall–Kier alpha value is -1.69. The minimum Gasteiger partial charge on any atom is -0.461 e. The molecular weight excluding hydrogens is 462 g/mol. The summed E-state index contributed by atoms with van der Waals surface area (Å²) in [4.78, 5) is 16.7. The maximum absolute atomic E-state index is 14.2. The molecule has 0 amide bonds. The Bertz CT molecular complexity index is 1150. The van der Waals surface area contributed by atoms with Gasteiger partial charge in [0.1, 0.15) is 0 Å². The summed E-state index contributed by atoms with van der Waals surface area (Å²) in [6.07, 6.45) is 18.3. The van der Waals surface area contributed by atoms with Gasteiger partial charge in [-0.25, -0.2) is 0 Å². The monoisotopic (exact) mass is 505 g/mol. The van der Waals surface area contributed by atoms with Crippen molar-refractivity contribution in [1.82, 2.24) is 4.90 Å². The summed E-state index contributed by atoms with van der Waals surface area (Å²) in [6.45, 7) is 7.70. The summed E-state index contributed by atoms with van der Waals surface area (Å²) in [5.41, 5.74) is -0.817. The van der Waals surface area contributed by atoms with Crippen LogP contribution in [0.25, 0.3) is 0 Å². The van der Waals surface area contributed by atoms with Crippen molar-refractivity contribution in [3.63, 3.8) is 0 Å². The van der Waals surface area contributed by atoms with E-state index in [0.717, 1.165) is 63.7 Å². The molecule has 5 heteroatoms. The first kappa shape index (κ1) is 24.4. The van der Waals surface area contributed by atoms with E-state index in [4.69, 9.17) is 4.42 Å². The first-order valence-corrected chi connectivity index (χ1v) is 14.8. The lowest BCUT2D eigenvalue weighted by Gasteiger charge is -2.71. The van der Waals surface area contributed by atoms with Gasteiger partial charge in [-0.1, -0.05) is 38.5 Å². The Morgan fingerprint density at radius 1 is 1.03 bits per heavy atom. The summed E-state index contributed by atoms with van der Waals surface area (Å²) in [6, 6.07) is 3.58. The highest BCUT2D eigenvalue weighted by atomic mass is 16.3. The zero-order valence-corrected chi connectivity index (χ0v) is 22.5. The smallest absolute Gasteiger partial charge is 0.224 e. The highest BCUT2D eigenvalue weighted by molar-refractivity contribution is 6.08. The number of carbonyl (C=O) groups excluding carboxylic acids is 1. The normalized spacial score (nSPS) is 48.8. The predicted octanol–water partition coefficient (Wildman–Crippen LogP) is 5.54. The van der Waals surface area contributed by atoms with Crippen molar-refractivity contribution in [3.05, 3.63) is 48.0 Å². The molecule has 0 aromatic carbocycles. The Kier molecular flexibility index (Phi) is 5.22. The van der Waals surface area contributed by atoms with E-state index in [0.29, 0.717) is 18.1 Å². The van der Waals surface area contributed by atoms with E-state index >= 15 is 0 Å². The van der Waals surface area contributed by atoms with Gasteiger partial charge in [0.15, 0.2) is 5.76 Å². The van der Waals surface area contributed by atoms with Crippen molar-refractivity contribution < 1.29 is 19.4 Å². The number of likely N-dealkylation sites (tertiary alicyclic amines) is 1. The Labute approximate surface area is 221 Å². The van der Waals surface area contributed by atoms with Gasteiger partial charge in [-0.2, -0.15) is 0 Å². The number of aliphatic hydroxyl groups excluding tert-OH is 1. The highest BCUT2D eigenvalue weighted by Gasteiger charge is 2.74. The number of hydrogen-bond acceptors (Lipinski definition) is 5. The molecule has 2 bridgehead atoms. The summed E-state index contributed by atoms with van der Waals surface area (Å²) in [7, 11) is 0. The fourth-order valence-electron chi connectivity index (χ4n) is 10.6. The minimum atomic E-state index is -0.739. The number of β-amino-alcohol motifs (C(OH)–C–C–N with tert-alkyl or cyclic N) is 1. The van der Waals surface area contributed by atoms with Gasteiger partial charge in [0, 0.05) is 28.4 Å². The van der Waals surface area contributed by atoms with E-state index in [9.17, 15) is 15.0 Å². The lowest BCUT2D eigenvalue weighted by atomic mass is 9.32. The predicted molar refractivity (Wildman–Crippen MR) is 142 cm³/mol. The number of hydrogen-bond donors (Lipinski definition) is 2. The van der Waals surface area contributed by atoms with Crippen molar-refractivity contribution >= 4 is 5.78 Å². The van der Waals surface area contributed by atoms with Crippen LogP contribution in [0.5, 0.6) is 0 Å². The maximum atomic E-state index is 14.2. The molecule has 3 saturated carbocycles. The van der Waals surface area contributed by atoms with Gasteiger partial charge in [0.05, 0.1) is 18.0 Å². The fraction of sp³-hybridized carbons (Fsp3) is 0.719. The third-order valence-corrected chi connectivity index (χ3v) is 12.6. The number of allylic oxidation sites excluding steroid dienone is 4. The molecule has 5 nitrogen and oxygen atoms in total. The summed E-state index contributed by atoms with van der Waals surface area (Å²) in [5, 5.41) is 23.2. The molecule has 8 atom stereocenters. The molecule has 2 N–H and O–H groups in total. The topological polar surface area (TPSA) is 73.9 Å². The number of rotatable bonds is 4. The molecule has 7 aliphatic rings. The average Bonchev–Trinajstić information content (AvgIpc) is 3.51. The van der Waals surface area contributed by atoms with Crippen LogP contribution in [0.4, 0.5) is 0 Å². The van der Waals surface area contributed by atoms with Crippen LogP contribution >= 0.6 is 0 Å². The number of nitrogens with zero attached hydrogens (tertiary/aromatic N) is 1. The van der Waals surface area contributed by atoms with E-state index in [1.165, 1.54) is 19.3 Å². The van der Waals surface area contributed by atoms with Crippen LogP contribution in [0.3, 0.4) is 0 Å². The number of furan rings is 1. The highest BCUT2D eigenvalue weighted by Crippen LogP contribution is 2.78. The molecule has 4 fully saturated rings. The van der Waals surface area contributed by atoms with Crippen LogP contribution < -0.4 is 0 Å². The van der Waals surface area contributed by atoms with E-state index < -0.39 is 11.0 Å². The SMILES string of the molecule is CC12CCC(O)CC13C=CC1(C(C(=O)c4ccco4)=C3)C2CCC2(C)C1CCC2(O)CN1CCCCC1. The standard InChI is InChI=1S/C32H43NO4/c1-28-11-8-22(34)19-30(28)14-15-32(23(20-30)27(35)24-7-6-18-37-24)25(28)9-12-29(2)26(32)10-13-31(29,36)21-33-16-4-3-5-17-33/h6-7,14-15,18,20,22,25-26,34,36H,3-5,8-13,16-17,19,21H2,1-2H3. The molecule has 1 aromatic rings. The summed E-state index contributed by atoms with van der Waals surface area (Å²) in [5.74, 6) is 0.934. The third-order valence-electron chi connectivity index (χ3n) is 12.6. The molecule has 1 saturated heterocycles. The second-order valence-corrected chi connectivity index (χ2v) is 14.0. The number of ketones is 1. The summed E-state index contributed by atoms with van der Waals surface area (Å²) >= 11 is 0. The molecule has 200 valence electrons. The van der Waals surface area contributed by atoms with Crippen LogP contribution in [0.15, 0.2) is 46.6 Å². The maximum Gasteiger partial charge on any atom is 0.224 e. The molecule has 37 heavy (non-hydrogen) atoms. The van der Waals surface area contributed by atoms with Crippen LogP contribution in [0, 0.1) is 33.5 Å². The molecule has 8 rings (SSSR count). The van der Waals surface area contributed by atoms with Gasteiger partial charge in [0.2, 0.25) is 5.78 Å². The van der Waals surface area contributed by atoms with Crippen molar-refractivity contribution in [1.29, 1.82) is 0 Å². The Balaban J connectivity index is 1.36. The lowest BCUT2D eigenvalue weighted by molar-refractivity contribution is -0.176. The van der Waals surface area contributed by atoms with Crippen molar-refractivity contribution in [2.75, 3.05) is 19.6 Å². The number of piperidine rings is 1. The van der Waals surface area contributed by atoms with Gasteiger partial charge >= 0.3 is 0 Å². The Morgan fingerprint density at radius 2 is 1.76 bits per heavy atom. The van der Waals surface area contributed by atoms with Gasteiger partial charge < -0.3 is 19.5 Å². The number of fused-ring (bicyclic) bond motifs is 1. The van der Waals surface area contributed by atoms with Gasteiger partial charge in [-0.15, -0.1) is 0 Å². The van der Waals surface area contributed by atoms with Crippen molar-refractivity contribution in [3.8, 4) is 0 Å². The molecule has 1 aliphatic heterocycles. The van der Waals surface area contributed by atoms with Gasteiger partial charge in [0.25, 0.3) is 0 Å². The molecule has 1 aromatic heterocycles. The van der Waals surface area contributed by atoms with Crippen LogP contribution in [-0.2, 0) is 0 Å². The summed E-state index contributed by atoms with van der Waals surface area (Å²) < 4.78 is 5.67. The molecule has 2 heterocycles. The molecule has 6 aliphatic carbocycles. The van der Waals surface area contributed by atoms with Gasteiger partial charge in [-0.3, -0.25) is 4.79 Å². The van der Waals surface area contributed by atoms with E-state index in [1.807, 2.05) is 0 Å². The fourth-order valence-corrected chi connectivity index (χ4v) is 10.6. The van der Waals surface area contributed by atoms with E-state index in [2.05, 4.69) is 37.0 Å². The number of Topliss-reactive ketones (excluding diaryl/α,β-unsaturated/α-hetero) is 1. The number of aliphatic hydroxyl groups is 2. The van der Waals surface area contributed by atoms with Gasteiger partial charge in [-0.05, 0) is 100 Å². The first-order valence-electron chi connectivity index (χ1n) is 14.8. The molecule has 2 spiro atoms. The minimum absolute atomic E-state index is 0.00281. The Morgan fingerprint density at radius 3 is 2.51 bits per heavy atom. The molecular formula is C32H43NO4. The number of carbonyl (C=O) groups is 1. The van der Waals surface area contributed by atoms with Crippen LogP contribution in [-0.4, -0.2) is 52.2 Å². The van der Waals surface area contributed by atoms with Crippen LogP contribution in [0.1, 0.15) is 88.6 Å². The molecule has 8 unspecified atom stereocenters. The quantitative estimate of drug-likeness (QED) is 0.415. The second-order valence-electron chi connectivity index (χ2n) is 14.0.